The van der Waals surface area contributed by atoms with E-state index in [1.807, 2.05) is 24.0 Å². The Morgan fingerprint density at radius 2 is 1.64 bits per heavy atom. The van der Waals surface area contributed by atoms with Gasteiger partial charge in [0.05, 0.1) is 10.8 Å². The van der Waals surface area contributed by atoms with Gasteiger partial charge in [0.25, 0.3) is 5.91 Å². The summed E-state index contributed by atoms with van der Waals surface area (Å²) in [4.78, 5) is 27.3. The molecule has 1 heterocycles. The Bertz CT molecular complexity index is 899. The molecule has 7 nitrogen and oxygen atoms in total. The van der Waals surface area contributed by atoms with Crippen LogP contribution < -0.4 is 0 Å². The lowest BCUT2D eigenvalue weighted by atomic mass is 9.94. The quantitative estimate of drug-likeness (QED) is 0.529. The summed E-state index contributed by atoms with van der Waals surface area (Å²) in [5, 5.41) is 0. The second-order valence-corrected chi connectivity index (χ2v) is 11.4. The standard InChI is InChI=1S/C25H38N2O5S/c1-4-27(22-8-6-5-7-9-22)24(28)18-32-25(29)21-14-16-26(17-15-21)33(30,31)23-12-10-20(11-13-23)19(2)3/h10-13,19,21-22H,4-9,14-18H2,1-3H3. The van der Waals surface area contributed by atoms with Crippen LogP contribution in [0.2, 0.25) is 0 Å². The van der Waals surface area contributed by atoms with Crippen molar-refractivity contribution >= 4 is 21.9 Å². The van der Waals surface area contributed by atoms with Gasteiger partial charge in [0.15, 0.2) is 6.61 Å². The van der Waals surface area contributed by atoms with Crippen molar-refractivity contribution in [1.29, 1.82) is 0 Å². The topological polar surface area (TPSA) is 84.0 Å². The minimum atomic E-state index is -3.59. The van der Waals surface area contributed by atoms with E-state index in [9.17, 15) is 18.0 Å². The minimum absolute atomic E-state index is 0.136. The van der Waals surface area contributed by atoms with Crippen LogP contribution in [-0.4, -0.2) is 61.8 Å². The molecule has 2 aliphatic rings. The Kier molecular flexibility index (Phi) is 8.93. The molecule has 1 aliphatic carbocycles. The number of hydrogen-bond donors (Lipinski definition) is 0. The molecular weight excluding hydrogens is 440 g/mol. The first-order chi connectivity index (χ1) is 15.7. The number of carbonyl (C=O) groups excluding carboxylic acids is 2. The highest BCUT2D eigenvalue weighted by molar-refractivity contribution is 7.89. The van der Waals surface area contributed by atoms with Crippen molar-refractivity contribution in [3.05, 3.63) is 29.8 Å². The third kappa shape index (κ3) is 6.35. The number of likely N-dealkylation sites (N-methyl/N-ethyl adjacent to an activating group) is 1. The first-order valence-corrected chi connectivity index (χ1v) is 13.7. The van der Waals surface area contributed by atoms with Crippen LogP contribution in [0.15, 0.2) is 29.2 Å². The van der Waals surface area contributed by atoms with Crippen LogP contribution in [-0.2, 0) is 24.3 Å². The van der Waals surface area contributed by atoms with E-state index in [4.69, 9.17) is 4.74 Å². The second-order valence-electron chi connectivity index (χ2n) is 9.48. The van der Waals surface area contributed by atoms with Crippen molar-refractivity contribution in [3.8, 4) is 0 Å². The average Bonchev–Trinajstić information content (AvgIpc) is 2.83. The van der Waals surface area contributed by atoms with E-state index in [0.29, 0.717) is 25.3 Å². The van der Waals surface area contributed by atoms with Crippen molar-refractivity contribution in [2.45, 2.75) is 82.6 Å². The second kappa shape index (κ2) is 11.5. The third-order valence-corrected chi connectivity index (χ3v) is 8.90. The molecule has 1 amide bonds. The monoisotopic (exact) mass is 478 g/mol. The molecule has 1 aromatic rings. The fourth-order valence-electron chi connectivity index (χ4n) is 4.87. The van der Waals surface area contributed by atoms with E-state index >= 15 is 0 Å². The van der Waals surface area contributed by atoms with Gasteiger partial charge >= 0.3 is 5.97 Å². The number of ether oxygens (including phenoxy) is 1. The Morgan fingerprint density at radius 3 is 2.18 bits per heavy atom. The van der Waals surface area contributed by atoms with Crippen LogP contribution >= 0.6 is 0 Å². The molecule has 1 saturated heterocycles. The molecule has 0 N–H and O–H groups in total. The number of benzene rings is 1. The average molecular weight is 479 g/mol. The lowest BCUT2D eigenvalue weighted by Crippen LogP contribution is -2.44. The van der Waals surface area contributed by atoms with E-state index in [2.05, 4.69) is 13.8 Å². The zero-order valence-electron chi connectivity index (χ0n) is 20.2. The summed E-state index contributed by atoms with van der Waals surface area (Å²) in [6.07, 6.45) is 6.32. The maximum atomic E-state index is 13.0. The van der Waals surface area contributed by atoms with Crippen LogP contribution in [0.4, 0.5) is 0 Å². The highest BCUT2D eigenvalue weighted by Gasteiger charge is 2.33. The lowest BCUT2D eigenvalue weighted by molar-refractivity contribution is -0.157. The Hall–Kier alpha value is -1.93. The summed E-state index contributed by atoms with van der Waals surface area (Å²) in [5.74, 6) is -0.580. The summed E-state index contributed by atoms with van der Waals surface area (Å²) in [7, 11) is -3.59. The maximum Gasteiger partial charge on any atom is 0.309 e. The molecule has 184 valence electrons. The van der Waals surface area contributed by atoms with Gasteiger partial charge in [-0.05, 0) is 56.2 Å². The molecule has 8 heteroatoms. The summed E-state index contributed by atoms with van der Waals surface area (Å²) in [6.45, 7) is 7.02. The smallest absolute Gasteiger partial charge is 0.309 e. The number of carbonyl (C=O) groups is 2. The van der Waals surface area contributed by atoms with Crippen molar-refractivity contribution in [2.75, 3.05) is 26.2 Å². The van der Waals surface area contributed by atoms with Gasteiger partial charge in [0.2, 0.25) is 10.0 Å². The van der Waals surface area contributed by atoms with Crippen molar-refractivity contribution in [2.24, 2.45) is 5.92 Å². The number of piperidine rings is 1. The van der Waals surface area contributed by atoms with Crippen LogP contribution in [0.25, 0.3) is 0 Å². The van der Waals surface area contributed by atoms with Crippen LogP contribution in [0.1, 0.15) is 77.2 Å². The van der Waals surface area contributed by atoms with E-state index in [0.717, 1.165) is 31.2 Å². The summed E-state index contributed by atoms with van der Waals surface area (Å²) < 4.78 is 32.8. The molecule has 0 bridgehead atoms. The van der Waals surface area contributed by atoms with E-state index in [1.54, 1.807) is 12.1 Å². The number of hydrogen-bond acceptors (Lipinski definition) is 5. The minimum Gasteiger partial charge on any atom is -0.455 e. The molecule has 0 spiro atoms. The fraction of sp³-hybridized carbons (Fsp3) is 0.680. The van der Waals surface area contributed by atoms with Gasteiger partial charge in [-0.3, -0.25) is 9.59 Å². The highest BCUT2D eigenvalue weighted by Crippen LogP contribution is 2.26. The van der Waals surface area contributed by atoms with Crippen LogP contribution in [0, 0.1) is 5.92 Å². The van der Waals surface area contributed by atoms with E-state index in [-0.39, 0.29) is 42.5 Å². The maximum absolute atomic E-state index is 13.0. The Balaban J connectivity index is 1.49. The van der Waals surface area contributed by atoms with Gasteiger partial charge in [0.1, 0.15) is 0 Å². The molecule has 3 rings (SSSR count). The molecule has 0 atom stereocenters. The molecule has 0 unspecified atom stereocenters. The zero-order valence-corrected chi connectivity index (χ0v) is 21.0. The zero-order chi connectivity index (χ0) is 24.0. The van der Waals surface area contributed by atoms with Gasteiger partial charge in [-0.1, -0.05) is 45.2 Å². The predicted octanol–water partition coefficient (Wildman–Crippen LogP) is 3.94. The summed E-state index contributed by atoms with van der Waals surface area (Å²) >= 11 is 0. The molecule has 1 aromatic carbocycles. The summed E-state index contributed by atoms with van der Waals surface area (Å²) in [5.41, 5.74) is 1.09. The normalized spacial score (nSPS) is 18.9. The number of sulfonamides is 1. The van der Waals surface area contributed by atoms with Gasteiger partial charge in [0, 0.05) is 25.7 Å². The van der Waals surface area contributed by atoms with Crippen LogP contribution in [0.5, 0.6) is 0 Å². The first-order valence-electron chi connectivity index (χ1n) is 12.3. The van der Waals surface area contributed by atoms with Gasteiger partial charge in [-0.15, -0.1) is 0 Å². The largest absolute Gasteiger partial charge is 0.455 e. The Morgan fingerprint density at radius 1 is 1.03 bits per heavy atom. The van der Waals surface area contributed by atoms with Gasteiger partial charge in [-0.2, -0.15) is 4.31 Å². The van der Waals surface area contributed by atoms with Gasteiger partial charge < -0.3 is 9.64 Å². The molecule has 0 radical (unpaired) electrons. The fourth-order valence-corrected chi connectivity index (χ4v) is 6.34. The molecule has 0 aromatic heterocycles. The van der Waals surface area contributed by atoms with Crippen molar-refractivity contribution in [1.82, 2.24) is 9.21 Å². The third-order valence-electron chi connectivity index (χ3n) is 6.99. The number of amides is 1. The van der Waals surface area contributed by atoms with E-state index in [1.165, 1.54) is 10.7 Å². The van der Waals surface area contributed by atoms with Crippen LogP contribution in [0.3, 0.4) is 0 Å². The lowest BCUT2D eigenvalue weighted by Gasteiger charge is -2.34. The van der Waals surface area contributed by atoms with Gasteiger partial charge in [-0.25, -0.2) is 8.42 Å². The van der Waals surface area contributed by atoms with Crippen molar-refractivity contribution < 1.29 is 22.7 Å². The molecule has 2 fully saturated rings. The predicted molar refractivity (Wildman–Crippen MR) is 127 cm³/mol. The number of nitrogens with zero attached hydrogens (tertiary/aromatic N) is 2. The molecular formula is C25H38N2O5S. The first kappa shape index (κ1) is 25.7. The molecule has 1 aliphatic heterocycles. The SMILES string of the molecule is CCN(C(=O)COC(=O)C1CCN(S(=O)(=O)c2ccc(C(C)C)cc2)CC1)C1CCCCC1. The molecule has 1 saturated carbocycles. The van der Waals surface area contributed by atoms with E-state index < -0.39 is 16.0 Å². The Labute approximate surface area is 198 Å². The number of rotatable bonds is 8. The highest BCUT2D eigenvalue weighted by atomic mass is 32.2. The number of esters is 1. The molecule has 33 heavy (non-hydrogen) atoms. The van der Waals surface area contributed by atoms with Crippen molar-refractivity contribution in [3.63, 3.8) is 0 Å². The summed E-state index contributed by atoms with van der Waals surface area (Å²) in [6, 6.07) is 7.26.